The predicted molar refractivity (Wildman–Crippen MR) is 104 cm³/mol. The summed E-state index contributed by atoms with van der Waals surface area (Å²) in [6.45, 7) is 3.84. The molecule has 0 amide bonds. The second-order valence-corrected chi connectivity index (χ2v) is 6.95. The van der Waals surface area contributed by atoms with E-state index in [0.717, 1.165) is 11.3 Å². The molecule has 5 nitrogen and oxygen atoms in total. The molecule has 0 aliphatic heterocycles. The molecular formula is C20H18BrFN2O3. The summed E-state index contributed by atoms with van der Waals surface area (Å²) >= 11 is 3.14. The lowest BCUT2D eigenvalue weighted by Gasteiger charge is -2.12. The summed E-state index contributed by atoms with van der Waals surface area (Å²) in [5.41, 5.74) is 1.83. The van der Waals surface area contributed by atoms with E-state index in [4.69, 9.17) is 9.47 Å². The monoisotopic (exact) mass is 432 g/mol. The van der Waals surface area contributed by atoms with Crippen molar-refractivity contribution in [1.82, 2.24) is 9.78 Å². The van der Waals surface area contributed by atoms with Gasteiger partial charge in [0.05, 0.1) is 23.8 Å². The van der Waals surface area contributed by atoms with Crippen LogP contribution in [0.15, 0.2) is 51.7 Å². The largest absolute Gasteiger partial charge is 0.497 e. The van der Waals surface area contributed by atoms with Gasteiger partial charge in [-0.25, -0.2) is 9.07 Å². The topological polar surface area (TPSA) is 53.4 Å². The Bertz CT molecular complexity index is 1030. The molecule has 0 radical (unpaired) electrons. The Morgan fingerprint density at radius 3 is 2.48 bits per heavy atom. The van der Waals surface area contributed by atoms with Gasteiger partial charge in [0.25, 0.3) is 0 Å². The molecule has 0 bridgehead atoms. The van der Waals surface area contributed by atoms with Gasteiger partial charge in [0.15, 0.2) is 5.75 Å². The van der Waals surface area contributed by atoms with Gasteiger partial charge in [-0.3, -0.25) is 4.79 Å². The molecule has 27 heavy (non-hydrogen) atoms. The van der Waals surface area contributed by atoms with Crippen LogP contribution >= 0.6 is 15.9 Å². The Morgan fingerprint density at radius 1 is 1.11 bits per heavy atom. The molecule has 0 N–H and O–H groups in total. The molecule has 0 aliphatic rings. The molecule has 2 aromatic carbocycles. The van der Waals surface area contributed by atoms with E-state index in [1.165, 1.54) is 10.7 Å². The van der Waals surface area contributed by atoms with Crippen LogP contribution in [0.4, 0.5) is 4.39 Å². The molecule has 0 saturated heterocycles. The molecule has 7 heteroatoms. The van der Waals surface area contributed by atoms with Gasteiger partial charge in [-0.05, 0) is 59.1 Å². The fourth-order valence-electron chi connectivity index (χ4n) is 2.58. The van der Waals surface area contributed by atoms with E-state index in [-0.39, 0.29) is 23.6 Å². The number of aryl methyl sites for hydroxylation is 2. The van der Waals surface area contributed by atoms with Crippen molar-refractivity contribution in [1.29, 1.82) is 0 Å². The third-order valence-corrected chi connectivity index (χ3v) is 4.60. The maximum Gasteiger partial charge on any atom is 0.310 e. The fraction of sp³-hybridized carbons (Fsp3) is 0.200. The number of benzene rings is 2. The summed E-state index contributed by atoms with van der Waals surface area (Å²) in [6.07, 6.45) is 0. The van der Waals surface area contributed by atoms with Crippen LogP contribution in [0, 0.1) is 19.7 Å². The first-order chi connectivity index (χ1) is 12.9. The summed E-state index contributed by atoms with van der Waals surface area (Å²) in [6, 6.07) is 11.8. The van der Waals surface area contributed by atoms with E-state index >= 15 is 0 Å². The Labute approximate surface area is 164 Å². The first kappa shape index (κ1) is 19.1. The maximum absolute atomic E-state index is 13.8. The summed E-state index contributed by atoms with van der Waals surface area (Å²) in [5, 5.41) is 4.28. The van der Waals surface area contributed by atoms with Crippen molar-refractivity contribution >= 4 is 15.9 Å². The van der Waals surface area contributed by atoms with E-state index < -0.39 is 5.82 Å². The molecule has 3 rings (SSSR count). The molecule has 0 saturated carbocycles. The minimum Gasteiger partial charge on any atom is -0.497 e. The van der Waals surface area contributed by atoms with Crippen LogP contribution in [0.2, 0.25) is 0 Å². The third-order valence-electron chi connectivity index (χ3n) is 3.99. The number of halogens is 2. The molecule has 0 atom stereocenters. The van der Waals surface area contributed by atoms with Gasteiger partial charge in [-0.15, -0.1) is 0 Å². The quantitative estimate of drug-likeness (QED) is 0.590. The van der Waals surface area contributed by atoms with Crippen molar-refractivity contribution in [2.24, 2.45) is 0 Å². The molecule has 3 aromatic rings. The normalized spacial score (nSPS) is 10.7. The van der Waals surface area contributed by atoms with E-state index in [1.54, 1.807) is 33.1 Å². The number of methoxy groups -OCH3 is 1. The van der Waals surface area contributed by atoms with Crippen molar-refractivity contribution in [3.8, 4) is 17.2 Å². The second-order valence-electron chi connectivity index (χ2n) is 6.09. The number of aromatic nitrogens is 2. The SMILES string of the molecule is COc1ccc(Cn2nc(C)cc(Oc3cc(F)c(Br)cc3C)c2=O)cc1. The molecule has 1 aromatic heterocycles. The van der Waals surface area contributed by atoms with Gasteiger partial charge >= 0.3 is 5.56 Å². The number of rotatable bonds is 5. The van der Waals surface area contributed by atoms with Crippen LogP contribution in [0.1, 0.15) is 16.8 Å². The van der Waals surface area contributed by atoms with Crippen molar-refractivity contribution in [3.05, 3.63) is 79.9 Å². The first-order valence-corrected chi connectivity index (χ1v) is 9.02. The average Bonchev–Trinajstić information content (AvgIpc) is 2.64. The van der Waals surface area contributed by atoms with E-state index in [9.17, 15) is 9.18 Å². The van der Waals surface area contributed by atoms with Crippen molar-refractivity contribution in [2.45, 2.75) is 20.4 Å². The third kappa shape index (κ3) is 4.36. The van der Waals surface area contributed by atoms with Gasteiger partial charge in [-0.1, -0.05) is 12.1 Å². The highest BCUT2D eigenvalue weighted by molar-refractivity contribution is 9.10. The van der Waals surface area contributed by atoms with Crippen LogP contribution in [0.5, 0.6) is 17.2 Å². The summed E-state index contributed by atoms with van der Waals surface area (Å²) in [5.74, 6) is 0.662. The molecule has 0 fully saturated rings. The lowest BCUT2D eigenvalue weighted by molar-refractivity contribution is 0.414. The average molecular weight is 433 g/mol. The maximum atomic E-state index is 13.8. The lowest BCUT2D eigenvalue weighted by Crippen LogP contribution is -2.25. The zero-order valence-electron chi connectivity index (χ0n) is 15.1. The highest BCUT2D eigenvalue weighted by atomic mass is 79.9. The Morgan fingerprint density at radius 2 is 1.81 bits per heavy atom. The molecule has 140 valence electrons. The standard InChI is InChI=1S/C20H18BrFN2O3/c1-12-8-16(21)17(22)10-18(12)27-19-9-13(2)23-24(20(19)25)11-14-4-6-15(26-3)7-5-14/h4-10H,11H2,1-3H3. The number of ether oxygens (including phenoxy) is 2. The van der Waals surface area contributed by atoms with Gasteiger partial charge < -0.3 is 9.47 Å². The Balaban J connectivity index is 1.93. The molecule has 1 heterocycles. The van der Waals surface area contributed by atoms with Gasteiger partial charge in [-0.2, -0.15) is 5.10 Å². The van der Waals surface area contributed by atoms with E-state index in [0.29, 0.717) is 15.7 Å². The van der Waals surface area contributed by atoms with Gasteiger partial charge in [0.1, 0.15) is 17.3 Å². The molecule has 0 spiro atoms. The van der Waals surface area contributed by atoms with Crippen LogP contribution in [-0.2, 0) is 6.54 Å². The second kappa shape index (κ2) is 7.92. The van der Waals surface area contributed by atoms with Gasteiger partial charge in [0.2, 0.25) is 0 Å². The summed E-state index contributed by atoms with van der Waals surface area (Å²) in [7, 11) is 1.60. The predicted octanol–water partition coefficient (Wildman–Crippen LogP) is 4.61. The fourth-order valence-corrected chi connectivity index (χ4v) is 3.04. The number of hydrogen-bond acceptors (Lipinski definition) is 4. The zero-order chi connectivity index (χ0) is 19.6. The van der Waals surface area contributed by atoms with E-state index in [2.05, 4.69) is 21.0 Å². The summed E-state index contributed by atoms with van der Waals surface area (Å²) < 4.78 is 26.4. The molecule has 0 aliphatic carbocycles. The highest BCUT2D eigenvalue weighted by Gasteiger charge is 2.13. The van der Waals surface area contributed by atoms with E-state index in [1.807, 2.05) is 24.3 Å². The van der Waals surface area contributed by atoms with Crippen LogP contribution in [0.3, 0.4) is 0 Å². The van der Waals surface area contributed by atoms with Crippen LogP contribution in [0.25, 0.3) is 0 Å². The molecular weight excluding hydrogens is 415 g/mol. The van der Waals surface area contributed by atoms with Crippen molar-refractivity contribution in [2.75, 3.05) is 7.11 Å². The zero-order valence-corrected chi connectivity index (χ0v) is 16.7. The van der Waals surface area contributed by atoms with Crippen molar-refractivity contribution in [3.63, 3.8) is 0 Å². The summed E-state index contributed by atoms with van der Waals surface area (Å²) in [4.78, 5) is 12.8. The van der Waals surface area contributed by atoms with Gasteiger partial charge in [0, 0.05) is 12.1 Å². The minimum atomic E-state index is -0.458. The highest BCUT2D eigenvalue weighted by Crippen LogP contribution is 2.28. The van der Waals surface area contributed by atoms with Crippen LogP contribution < -0.4 is 15.0 Å². The first-order valence-electron chi connectivity index (χ1n) is 8.22. The Kier molecular flexibility index (Phi) is 5.60. The molecule has 0 unspecified atom stereocenters. The smallest absolute Gasteiger partial charge is 0.310 e. The Hall–Kier alpha value is -2.67. The number of nitrogens with zero attached hydrogens (tertiary/aromatic N) is 2. The van der Waals surface area contributed by atoms with Crippen molar-refractivity contribution < 1.29 is 13.9 Å². The lowest BCUT2D eigenvalue weighted by atomic mass is 10.2. The van der Waals surface area contributed by atoms with Crippen LogP contribution in [-0.4, -0.2) is 16.9 Å². The number of hydrogen-bond donors (Lipinski definition) is 0. The minimum absolute atomic E-state index is 0.0980.